The van der Waals surface area contributed by atoms with Gasteiger partial charge >= 0.3 is 0 Å². The van der Waals surface area contributed by atoms with Crippen LogP contribution in [0, 0.1) is 0 Å². The third-order valence-corrected chi connectivity index (χ3v) is 7.39. The minimum atomic E-state index is -0.389. The van der Waals surface area contributed by atoms with Gasteiger partial charge in [-0.3, -0.25) is 14.2 Å². The van der Waals surface area contributed by atoms with E-state index in [9.17, 15) is 9.59 Å². The van der Waals surface area contributed by atoms with Crippen molar-refractivity contribution in [2.24, 2.45) is 0 Å². The topological polar surface area (TPSA) is 64.4 Å². The van der Waals surface area contributed by atoms with Crippen molar-refractivity contribution < 1.29 is 9.53 Å². The molecule has 39 heavy (non-hydrogen) atoms. The highest BCUT2D eigenvalue weighted by Crippen LogP contribution is 2.27. The van der Waals surface area contributed by atoms with Gasteiger partial charge in [-0.15, -0.1) is 0 Å². The number of benzene rings is 3. The molecule has 1 amide bonds. The van der Waals surface area contributed by atoms with Crippen molar-refractivity contribution in [2.45, 2.75) is 58.6 Å². The Morgan fingerprint density at radius 1 is 0.949 bits per heavy atom. The Labute approximate surface area is 238 Å². The molecule has 0 radical (unpaired) electrons. The third-order valence-electron chi connectivity index (χ3n) is 6.86. The fraction of sp³-hybridized carbons (Fsp3) is 0.344. The minimum Gasteiger partial charge on any atom is -0.367 e. The minimum absolute atomic E-state index is 0.0325. The lowest BCUT2D eigenvalue weighted by molar-refractivity contribution is -0.139. The predicted molar refractivity (Wildman–Crippen MR) is 160 cm³/mol. The standard InChI is InChI=1S/C32H36BrN3O3/c1-3-5-6-12-21-35(30(37)23-39-22-24-13-8-7-9-14-24)29(4-2)31-34-28-16-11-10-15-27(28)32(38)36(31)26-19-17-25(33)18-20-26/h7-11,13-20,29H,3-6,12,21-23H2,1-2H3. The highest BCUT2D eigenvalue weighted by Gasteiger charge is 2.29. The second-order valence-corrected chi connectivity index (χ2v) is 10.6. The average molecular weight is 591 g/mol. The molecule has 0 N–H and O–H groups in total. The Morgan fingerprint density at radius 2 is 1.67 bits per heavy atom. The fourth-order valence-electron chi connectivity index (χ4n) is 4.83. The van der Waals surface area contributed by atoms with Crippen molar-refractivity contribution in [1.29, 1.82) is 0 Å². The number of halogens is 1. The fourth-order valence-corrected chi connectivity index (χ4v) is 5.10. The molecular weight excluding hydrogens is 554 g/mol. The zero-order chi connectivity index (χ0) is 27.6. The maximum absolute atomic E-state index is 13.9. The molecule has 7 heteroatoms. The number of nitrogens with zero attached hydrogens (tertiary/aromatic N) is 3. The first kappa shape index (κ1) is 28.7. The molecular formula is C32H36BrN3O3. The van der Waals surface area contributed by atoms with Gasteiger partial charge in [0.25, 0.3) is 5.56 Å². The van der Waals surface area contributed by atoms with Crippen LogP contribution in [0.1, 0.15) is 63.4 Å². The molecule has 3 aromatic carbocycles. The summed E-state index contributed by atoms with van der Waals surface area (Å²) in [6.07, 6.45) is 4.75. The van der Waals surface area contributed by atoms with Gasteiger partial charge in [-0.05, 0) is 54.8 Å². The number of para-hydroxylation sites is 1. The first-order valence-electron chi connectivity index (χ1n) is 13.7. The van der Waals surface area contributed by atoms with Crippen molar-refractivity contribution in [3.63, 3.8) is 0 Å². The van der Waals surface area contributed by atoms with Crippen molar-refractivity contribution in [1.82, 2.24) is 14.5 Å². The monoisotopic (exact) mass is 589 g/mol. The Morgan fingerprint density at radius 3 is 2.38 bits per heavy atom. The number of rotatable bonds is 13. The Kier molecular flexibility index (Phi) is 10.5. The van der Waals surface area contributed by atoms with Gasteiger partial charge in [0.15, 0.2) is 0 Å². The van der Waals surface area contributed by atoms with Crippen molar-refractivity contribution >= 4 is 32.7 Å². The molecule has 1 heterocycles. The predicted octanol–water partition coefficient (Wildman–Crippen LogP) is 7.23. The smallest absolute Gasteiger partial charge is 0.266 e. The molecule has 0 aliphatic heterocycles. The van der Waals surface area contributed by atoms with E-state index < -0.39 is 0 Å². The summed E-state index contributed by atoms with van der Waals surface area (Å²) in [7, 11) is 0. The first-order valence-corrected chi connectivity index (χ1v) is 14.5. The molecule has 0 bridgehead atoms. The lowest BCUT2D eigenvalue weighted by atomic mass is 10.1. The normalized spacial score (nSPS) is 12.0. The Balaban J connectivity index is 1.72. The highest BCUT2D eigenvalue weighted by atomic mass is 79.9. The van der Waals surface area contributed by atoms with E-state index in [-0.39, 0.29) is 24.1 Å². The van der Waals surface area contributed by atoms with E-state index in [2.05, 4.69) is 22.9 Å². The van der Waals surface area contributed by atoms with Gasteiger partial charge < -0.3 is 9.64 Å². The van der Waals surface area contributed by atoms with E-state index >= 15 is 0 Å². The Bertz CT molecular complexity index is 1420. The molecule has 4 aromatic rings. The molecule has 0 aliphatic carbocycles. The quantitative estimate of drug-likeness (QED) is 0.154. The molecule has 4 rings (SSSR count). The number of carbonyl (C=O) groups is 1. The van der Waals surface area contributed by atoms with Crippen LogP contribution in [0.5, 0.6) is 0 Å². The van der Waals surface area contributed by atoms with Gasteiger partial charge in [0.05, 0.1) is 29.2 Å². The summed E-state index contributed by atoms with van der Waals surface area (Å²) in [4.78, 5) is 34.4. The number of carbonyl (C=O) groups excluding carboxylic acids is 1. The van der Waals surface area contributed by atoms with E-state index in [4.69, 9.17) is 9.72 Å². The molecule has 0 aliphatic rings. The number of hydrogen-bond donors (Lipinski definition) is 0. The third kappa shape index (κ3) is 7.22. The molecule has 6 nitrogen and oxygen atoms in total. The summed E-state index contributed by atoms with van der Waals surface area (Å²) in [5.41, 5.74) is 2.22. The number of fused-ring (bicyclic) bond motifs is 1. The number of amides is 1. The lowest BCUT2D eigenvalue weighted by Gasteiger charge is -2.32. The van der Waals surface area contributed by atoms with E-state index in [0.29, 0.717) is 42.0 Å². The van der Waals surface area contributed by atoms with Crippen LogP contribution < -0.4 is 5.56 Å². The summed E-state index contributed by atoms with van der Waals surface area (Å²) < 4.78 is 8.45. The van der Waals surface area contributed by atoms with Crippen LogP contribution in [-0.4, -0.2) is 33.5 Å². The molecule has 1 unspecified atom stereocenters. The van der Waals surface area contributed by atoms with E-state index in [0.717, 1.165) is 35.7 Å². The molecule has 0 saturated carbocycles. The second kappa shape index (κ2) is 14.2. The molecule has 1 aromatic heterocycles. The Hall–Kier alpha value is -3.29. The summed E-state index contributed by atoms with van der Waals surface area (Å²) in [5.74, 6) is 0.467. The van der Waals surface area contributed by atoms with Crippen LogP contribution in [-0.2, 0) is 16.1 Å². The molecule has 0 spiro atoms. The van der Waals surface area contributed by atoms with Crippen molar-refractivity contribution in [3.05, 3.63) is 105 Å². The maximum atomic E-state index is 13.9. The van der Waals surface area contributed by atoms with Crippen LogP contribution in [0.2, 0.25) is 0 Å². The van der Waals surface area contributed by atoms with Crippen LogP contribution in [0.25, 0.3) is 16.6 Å². The lowest BCUT2D eigenvalue weighted by Crippen LogP contribution is -2.41. The summed E-state index contributed by atoms with van der Waals surface area (Å²) in [6, 6.07) is 24.5. The van der Waals surface area contributed by atoms with Crippen molar-refractivity contribution in [2.75, 3.05) is 13.2 Å². The van der Waals surface area contributed by atoms with Gasteiger partial charge in [-0.25, -0.2) is 4.98 Å². The van der Waals surface area contributed by atoms with Gasteiger partial charge in [0, 0.05) is 11.0 Å². The highest BCUT2D eigenvalue weighted by molar-refractivity contribution is 9.10. The molecule has 204 valence electrons. The van der Waals surface area contributed by atoms with Gasteiger partial charge in [-0.2, -0.15) is 0 Å². The summed E-state index contributed by atoms with van der Waals surface area (Å²) in [5, 5.41) is 0.547. The van der Waals surface area contributed by atoms with E-state index in [1.807, 2.05) is 84.6 Å². The number of aromatic nitrogens is 2. The number of hydrogen-bond acceptors (Lipinski definition) is 4. The molecule has 0 saturated heterocycles. The first-order chi connectivity index (χ1) is 19.0. The summed E-state index contributed by atoms with van der Waals surface area (Å²) >= 11 is 3.49. The maximum Gasteiger partial charge on any atom is 0.266 e. The number of ether oxygens (including phenoxy) is 1. The average Bonchev–Trinajstić information content (AvgIpc) is 2.96. The van der Waals surface area contributed by atoms with Crippen LogP contribution >= 0.6 is 15.9 Å². The second-order valence-electron chi connectivity index (χ2n) is 9.65. The number of unbranched alkanes of at least 4 members (excludes halogenated alkanes) is 3. The van der Waals surface area contributed by atoms with Gasteiger partial charge in [-0.1, -0.05) is 91.5 Å². The van der Waals surface area contributed by atoms with Crippen LogP contribution in [0.15, 0.2) is 88.1 Å². The molecule has 1 atom stereocenters. The van der Waals surface area contributed by atoms with Crippen molar-refractivity contribution in [3.8, 4) is 5.69 Å². The van der Waals surface area contributed by atoms with Gasteiger partial charge in [0.2, 0.25) is 5.91 Å². The zero-order valence-corrected chi connectivity index (χ0v) is 24.3. The summed E-state index contributed by atoms with van der Waals surface area (Å²) in [6.45, 7) is 5.12. The zero-order valence-electron chi connectivity index (χ0n) is 22.7. The largest absolute Gasteiger partial charge is 0.367 e. The van der Waals surface area contributed by atoms with E-state index in [1.54, 1.807) is 10.6 Å². The van der Waals surface area contributed by atoms with E-state index in [1.165, 1.54) is 0 Å². The van der Waals surface area contributed by atoms with Gasteiger partial charge in [0.1, 0.15) is 12.4 Å². The van der Waals surface area contributed by atoms with Crippen LogP contribution in [0.4, 0.5) is 0 Å². The molecule has 0 fully saturated rings. The SMILES string of the molecule is CCCCCCN(C(=O)COCc1ccccc1)C(CC)c1nc2ccccc2c(=O)n1-c1ccc(Br)cc1. The van der Waals surface area contributed by atoms with Crippen LogP contribution in [0.3, 0.4) is 0 Å².